The molecule has 0 radical (unpaired) electrons. The lowest BCUT2D eigenvalue weighted by Crippen LogP contribution is -2.41. The molecule has 2 saturated carbocycles. The van der Waals surface area contributed by atoms with Crippen LogP contribution >= 0.6 is 0 Å². The van der Waals surface area contributed by atoms with E-state index in [1.165, 1.54) is 12.1 Å². The van der Waals surface area contributed by atoms with Gasteiger partial charge < -0.3 is 11.1 Å². The summed E-state index contributed by atoms with van der Waals surface area (Å²) in [6.07, 6.45) is 4.44. The Morgan fingerprint density at radius 1 is 1.30 bits per heavy atom. The number of benzene rings is 1. The van der Waals surface area contributed by atoms with Gasteiger partial charge in [-0.3, -0.25) is 9.78 Å². The summed E-state index contributed by atoms with van der Waals surface area (Å²) in [6, 6.07) is 6.26. The number of nitrogens with one attached hydrogen (secondary N) is 1. The molecular formula is C18H20FN3O. The third-order valence-corrected chi connectivity index (χ3v) is 4.79. The number of halogens is 1. The van der Waals surface area contributed by atoms with Crippen molar-refractivity contribution < 1.29 is 9.18 Å². The molecule has 0 bridgehead atoms. The summed E-state index contributed by atoms with van der Waals surface area (Å²) < 4.78 is 13.6. The third-order valence-electron chi connectivity index (χ3n) is 4.79. The zero-order valence-electron chi connectivity index (χ0n) is 12.9. The van der Waals surface area contributed by atoms with E-state index in [1.807, 2.05) is 6.07 Å². The second-order valence-electron chi connectivity index (χ2n) is 6.68. The van der Waals surface area contributed by atoms with E-state index in [2.05, 4.69) is 10.3 Å². The van der Waals surface area contributed by atoms with Gasteiger partial charge in [0.1, 0.15) is 5.82 Å². The number of carbonyl (C=O) groups excluding carboxylic acids is 1. The largest absolute Gasteiger partial charge is 0.348 e. The summed E-state index contributed by atoms with van der Waals surface area (Å²) in [4.78, 5) is 17.3. The molecule has 23 heavy (non-hydrogen) atoms. The monoisotopic (exact) mass is 313 g/mol. The Bertz CT molecular complexity index is 768. The summed E-state index contributed by atoms with van der Waals surface area (Å²) in [6.45, 7) is 0.434. The molecule has 1 amide bonds. The van der Waals surface area contributed by atoms with Crippen molar-refractivity contribution in [2.45, 2.75) is 37.6 Å². The SMILES string of the molecule is NCC(NC(=O)c1cc(C2CC2)nc2ccc(F)cc12)C1CC1. The molecule has 0 saturated heterocycles. The van der Waals surface area contributed by atoms with Crippen LogP contribution in [0.15, 0.2) is 24.3 Å². The number of nitrogens with two attached hydrogens (primary N) is 1. The van der Waals surface area contributed by atoms with Gasteiger partial charge in [0, 0.05) is 29.6 Å². The fourth-order valence-electron chi connectivity index (χ4n) is 3.11. The normalized spacial score (nSPS) is 18.9. The van der Waals surface area contributed by atoms with Crippen LogP contribution in [0.1, 0.15) is 47.7 Å². The zero-order chi connectivity index (χ0) is 16.0. The minimum Gasteiger partial charge on any atom is -0.348 e. The van der Waals surface area contributed by atoms with E-state index in [0.717, 1.165) is 31.4 Å². The van der Waals surface area contributed by atoms with E-state index in [4.69, 9.17) is 5.73 Å². The molecule has 2 fully saturated rings. The first-order valence-electron chi connectivity index (χ1n) is 8.27. The fraction of sp³-hybridized carbons (Fsp3) is 0.444. The van der Waals surface area contributed by atoms with Crippen LogP contribution in [0, 0.1) is 11.7 Å². The summed E-state index contributed by atoms with van der Waals surface area (Å²) >= 11 is 0. The van der Waals surface area contributed by atoms with E-state index in [9.17, 15) is 9.18 Å². The van der Waals surface area contributed by atoms with Crippen molar-refractivity contribution >= 4 is 16.8 Å². The van der Waals surface area contributed by atoms with E-state index in [-0.39, 0.29) is 17.8 Å². The molecule has 4 nitrogen and oxygen atoms in total. The average molecular weight is 313 g/mol. The molecule has 1 heterocycles. The minimum atomic E-state index is -0.356. The summed E-state index contributed by atoms with van der Waals surface area (Å²) in [7, 11) is 0. The van der Waals surface area contributed by atoms with Gasteiger partial charge in [-0.2, -0.15) is 0 Å². The van der Waals surface area contributed by atoms with Crippen molar-refractivity contribution in [1.29, 1.82) is 0 Å². The molecule has 1 aromatic heterocycles. The van der Waals surface area contributed by atoms with Crippen molar-refractivity contribution in [3.63, 3.8) is 0 Å². The number of amides is 1. The molecule has 2 aliphatic rings. The number of aromatic nitrogens is 1. The highest BCUT2D eigenvalue weighted by Gasteiger charge is 2.32. The van der Waals surface area contributed by atoms with Crippen molar-refractivity contribution in [3.8, 4) is 0 Å². The molecule has 120 valence electrons. The summed E-state index contributed by atoms with van der Waals surface area (Å²) in [5, 5.41) is 3.60. The lowest BCUT2D eigenvalue weighted by atomic mass is 10.0. The van der Waals surface area contributed by atoms with E-state index >= 15 is 0 Å². The molecule has 4 rings (SSSR count). The van der Waals surface area contributed by atoms with Gasteiger partial charge in [-0.25, -0.2) is 4.39 Å². The number of fused-ring (bicyclic) bond motifs is 1. The van der Waals surface area contributed by atoms with Crippen LogP contribution in [0.4, 0.5) is 4.39 Å². The summed E-state index contributed by atoms with van der Waals surface area (Å²) in [5.41, 5.74) is 7.90. The molecule has 1 aromatic carbocycles. The smallest absolute Gasteiger partial charge is 0.252 e. The Morgan fingerprint density at radius 3 is 2.74 bits per heavy atom. The molecule has 2 aliphatic carbocycles. The third kappa shape index (κ3) is 2.93. The van der Waals surface area contributed by atoms with Crippen molar-refractivity contribution in [2.24, 2.45) is 11.7 Å². The van der Waals surface area contributed by atoms with E-state index in [0.29, 0.717) is 34.8 Å². The Labute approximate surface area is 134 Å². The van der Waals surface area contributed by atoms with Crippen LogP contribution in [0.5, 0.6) is 0 Å². The van der Waals surface area contributed by atoms with Crippen LogP contribution in [0.25, 0.3) is 10.9 Å². The number of pyridine rings is 1. The first-order valence-corrected chi connectivity index (χ1v) is 8.27. The van der Waals surface area contributed by atoms with Gasteiger partial charge in [0.2, 0.25) is 0 Å². The van der Waals surface area contributed by atoms with Crippen molar-refractivity contribution in [2.75, 3.05) is 6.54 Å². The van der Waals surface area contributed by atoms with Gasteiger partial charge in [0.15, 0.2) is 0 Å². The quantitative estimate of drug-likeness (QED) is 0.892. The lowest BCUT2D eigenvalue weighted by Gasteiger charge is -2.17. The Kier molecular flexibility index (Phi) is 3.53. The van der Waals surface area contributed by atoms with Crippen molar-refractivity contribution in [3.05, 3.63) is 41.3 Å². The fourth-order valence-corrected chi connectivity index (χ4v) is 3.11. The maximum Gasteiger partial charge on any atom is 0.252 e. The van der Waals surface area contributed by atoms with Gasteiger partial charge in [-0.1, -0.05) is 0 Å². The van der Waals surface area contributed by atoms with E-state index < -0.39 is 0 Å². The maximum absolute atomic E-state index is 13.6. The predicted octanol–water partition coefficient (Wildman–Crippen LogP) is 2.72. The van der Waals surface area contributed by atoms with Crippen LogP contribution < -0.4 is 11.1 Å². The van der Waals surface area contributed by atoms with Crippen molar-refractivity contribution in [1.82, 2.24) is 10.3 Å². The molecule has 1 atom stereocenters. The lowest BCUT2D eigenvalue weighted by molar-refractivity contribution is 0.0935. The van der Waals surface area contributed by atoms with Crippen LogP contribution in [0.2, 0.25) is 0 Å². The predicted molar refractivity (Wildman–Crippen MR) is 86.7 cm³/mol. The highest BCUT2D eigenvalue weighted by Crippen LogP contribution is 2.40. The Balaban J connectivity index is 1.73. The van der Waals surface area contributed by atoms with E-state index in [1.54, 1.807) is 6.07 Å². The number of hydrogen-bond acceptors (Lipinski definition) is 3. The number of rotatable bonds is 5. The minimum absolute atomic E-state index is 0.00338. The van der Waals surface area contributed by atoms with Crippen LogP contribution in [-0.4, -0.2) is 23.5 Å². The van der Waals surface area contributed by atoms with Gasteiger partial charge in [-0.15, -0.1) is 0 Å². The molecule has 2 aromatic rings. The van der Waals surface area contributed by atoms with Gasteiger partial charge in [0.05, 0.1) is 11.1 Å². The van der Waals surface area contributed by atoms with Crippen LogP contribution in [0.3, 0.4) is 0 Å². The molecule has 5 heteroatoms. The topological polar surface area (TPSA) is 68.0 Å². The molecule has 0 aliphatic heterocycles. The van der Waals surface area contributed by atoms with Gasteiger partial charge in [0.25, 0.3) is 5.91 Å². The first-order chi connectivity index (χ1) is 11.2. The molecular weight excluding hydrogens is 293 g/mol. The van der Waals surface area contributed by atoms with Gasteiger partial charge >= 0.3 is 0 Å². The standard InChI is InChI=1S/C18H20FN3O/c19-12-5-6-15-13(7-12)14(8-16(21-15)10-1-2-10)18(23)22-17(9-20)11-3-4-11/h5-8,10-11,17H,1-4,9,20H2,(H,22,23). The molecule has 0 spiro atoms. The second kappa shape index (κ2) is 5.57. The highest BCUT2D eigenvalue weighted by molar-refractivity contribution is 6.06. The van der Waals surface area contributed by atoms with Crippen LogP contribution in [-0.2, 0) is 0 Å². The number of hydrogen-bond donors (Lipinski definition) is 2. The zero-order valence-corrected chi connectivity index (χ0v) is 12.9. The Morgan fingerprint density at radius 2 is 2.09 bits per heavy atom. The Hall–Kier alpha value is -2.01. The number of carbonyl (C=O) groups is 1. The highest BCUT2D eigenvalue weighted by atomic mass is 19.1. The number of nitrogens with zero attached hydrogens (tertiary/aromatic N) is 1. The van der Waals surface area contributed by atoms with Gasteiger partial charge in [-0.05, 0) is 55.9 Å². The first kappa shape index (κ1) is 14.6. The second-order valence-corrected chi connectivity index (χ2v) is 6.68. The average Bonchev–Trinajstić information content (AvgIpc) is 3.43. The molecule has 3 N–H and O–H groups in total. The molecule has 1 unspecified atom stereocenters. The summed E-state index contributed by atoms with van der Waals surface area (Å²) in [5.74, 6) is 0.388. The maximum atomic E-state index is 13.6.